The molecule has 2 aromatic heterocycles. The Morgan fingerprint density at radius 3 is 3.00 bits per heavy atom. The standard InChI is InChI=1S/C20H20N4O4/c25-18(26)10-13-8-12-3-4-15(9-14(12)11-22-20(13)27)28-7-5-17-23-16-2-1-6-21-19(16)24-17/h1-4,6,9,13H,5,7-8,10-11H2,(H,22,27)(H,25,26)(H,21,23,24). The van der Waals surface area contributed by atoms with Gasteiger partial charge >= 0.3 is 5.97 Å². The molecule has 8 heteroatoms. The average Bonchev–Trinajstić information content (AvgIpc) is 3.02. The number of pyridine rings is 1. The minimum absolute atomic E-state index is 0.171. The molecule has 1 unspecified atom stereocenters. The summed E-state index contributed by atoms with van der Waals surface area (Å²) in [5, 5.41) is 11.8. The summed E-state index contributed by atoms with van der Waals surface area (Å²) in [4.78, 5) is 34.9. The first-order chi connectivity index (χ1) is 13.6. The summed E-state index contributed by atoms with van der Waals surface area (Å²) in [7, 11) is 0. The zero-order valence-electron chi connectivity index (χ0n) is 15.1. The summed E-state index contributed by atoms with van der Waals surface area (Å²) < 4.78 is 5.84. The first-order valence-electron chi connectivity index (χ1n) is 9.12. The molecule has 3 aromatic rings. The van der Waals surface area contributed by atoms with Gasteiger partial charge in [0.25, 0.3) is 0 Å². The smallest absolute Gasteiger partial charge is 0.304 e. The van der Waals surface area contributed by atoms with Gasteiger partial charge in [-0.05, 0) is 41.8 Å². The van der Waals surface area contributed by atoms with Gasteiger partial charge in [0.2, 0.25) is 5.91 Å². The summed E-state index contributed by atoms with van der Waals surface area (Å²) in [6.07, 6.45) is 2.57. The van der Waals surface area contributed by atoms with Crippen molar-refractivity contribution in [3.05, 3.63) is 53.5 Å². The maximum absolute atomic E-state index is 12.1. The Hall–Kier alpha value is -3.42. The number of hydrogen-bond acceptors (Lipinski definition) is 5. The van der Waals surface area contributed by atoms with Crippen molar-refractivity contribution in [3.8, 4) is 5.75 Å². The molecule has 0 saturated carbocycles. The van der Waals surface area contributed by atoms with Crippen LogP contribution in [0, 0.1) is 5.92 Å². The molecular formula is C20H20N4O4. The highest BCUT2D eigenvalue weighted by Gasteiger charge is 2.26. The number of aliphatic carboxylic acids is 1. The minimum Gasteiger partial charge on any atom is -0.493 e. The van der Waals surface area contributed by atoms with Crippen LogP contribution in [0.2, 0.25) is 0 Å². The molecule has 1 aliphatic heterocycles. The maximum Gasteiger partial charge on any atom is 0.304 e. The number of fused-ring (bicyclic) bond motifs is 2. The fraction of sp³-hybridized carbons (Fsp3) is 0.300. The molecule has 1 atom stereocenters. The van der Waals surface area contributed by atoms with E-state index in [9.17, 15) is 9.59 Å². The molecule has 1 amide bonds. The molecule has 28 heavy (non-hydrogen) atoms. The first-order valence-corrected chi connectivity index (χ1v) is 9.12. The summed E-state index contributed by atoms with van der Waals surface area (Å²) in [6, 6.07) is 9.45. The van der Waals surface area contributed by atoms with Crippen molar-refractivity contribution in [1.29, 1.82) is 0 Å². The van der Waals surface area contributed by atoms with Gasteiger partial charge in [0, 0.05) is 19.2 Å². The van der Waals surface area contributed by atoms with Crippen molar-refractivity contribution in [1.82, 2.24) is 20.3 Å². The predicted octanol–water partition coefficient (Wildman–Crippen LogP) is 1.84. The number of carboxylic acid groups (broad SMARTS) is 1. The van der Waals surface area contributed by atoms with Gasteiger partial charge in [-0.2, -0.15) is 0 Å². The Morgan fingerprint density at radius 1 is 1.29 bits per heavy atom. The van der Waals surface area contributed by atoms with Crippen LogP contribution in [0.1, 0.15) is 23.4 Å². The van der Waals surface area contributed by atoms with Gasteiger partial charge in [-0.25, -0.2) is 9.97 Å². The molecule has 4 rings (SSSR count). The zero-order valence-corrected chi connectivity index (χ0v) is 15.1. The lowest BCUT2D eigenvalue weighted by atomic mass is 9.94. The lowest BCUT2D eigenvalue weighted by molar-refractivity contribution is -0.141. The number of amides is 1. The van der Waals surface area contributed by atoms with Crippen LogP contribution < -0.4 is 10.1 Å². The summed E-state index contributed by atoms with van der Waals surface area (Å²) in [6.45, 7) is 0.823. The maximum atomic E-state index is 12.1. The topological polar surface area (TPSA) is 117 Å². The fourth-order valence-corrected chi connectivity index (χ4v) is 3.40. The number of carbonyl (C=O) groups is 2. The first kappa shape index (κ1) is 18.0. The number of carboxylic acids is 1. The van der Waals surface area contributed by atoms with E-state index in [1.165, 1.54) is 0 Å². The molecule has 0 saturated heterocycles. The van der Waals surface area contributed by atoms with E-state index in [0.29, 0.717) is 37.4 Å². The van der Waals surface area contributed by atoms with Crippen LogP contribution in [-0.2, 0) is 29.0 Å². The van der Waals surface area contributed by atoms with Gasteiger partial charge in [-0.1, -0.05) is 6.07 Å². The van der Waals surface area contributed by atoms with Crippen molar-refractivity contribution in [2.24, 2.45) is 5.92 Å². The number of aromatic amines is 1. The number of ether oxygens (including phenoxy) is 1. The highest BCUT2D eigenvalue weighted by molar-refractivity contribution is 5.84. The highest BCUT2D eigenvalue weighted by Crippen LogP contribution is 2.25. The van der Waals surface area contributed by atoms with E-state index in [0.717, 1.165) is 22.5 Å². The van der Waals surface area contributed by atoms with E-state index in [4.69, 9.17) is 9.84 Å². The number of rotatable bonds is 6. The molecule has 3 N–H and O–H groups in total. The quantitative estimate of drug-likeness (QED) is 0.601. The van der Waals surface area contributed by atoms with E-state index in [-0.39, 0.29) is 12.3 Å². The number of nitrogens with one attached hydrogen (secondary N) is 2. The molecular weight excluding hydrogens is 360 g/mol. The van der Waals surface area contributed by atoms with Gasteiger partial charge in [0.1, 0.15) is 11.6 Å². The van der Waals surface area contributed by atoms with Crippen LogP contribution in [0.15, 0.2) is 36.5 Å². The lowest BCUT2D eigenvalue weighted by Crippen LogP contribution is -2.30. The Kier molecular flexibility index (Phi) is 4.92. The van der Waals surface area contributed by atoms with Crippen molar-refractivity contribution < 1.29 is 19.4 Å². The second-order valence-corrected chi connectivity index (χ2v) is 6.80. The van der Waals surface area contributed by atoms with Crippen LogP contribution in [0.5, 0.6) is 5.75 Å². The second kappa shape index (κ2) is 7.67. The van der Waals surface area contributed by atoms with Gasteiger partial charge in [0.15, 0.2) is 5.65 Å². The van der Waals surface area contributed by atoms with E-state index in [1.807, 2.05) is 30.3 Å². The average molecular weight is 380 g/mol. The molecule has 1 aliphatic rings. The Bertz CT molecular complexity index is 997. The van der Waals surface area contributed by atoms with Crippen molar-refractivity contribution in [3.63, 3.8) is 0 Å². The summed E-state index contributed by atoms with van der Waals surface area (Å²) in [5.41, 5.74) is 3.51. The van der Waals surface area contributed by atoms with Crippen LogP contribution in [-0.4, -0.2) is 38.5 Å². The third-order valence-corrected chi connectivity index (χ3v) is 4.80. The SMILES string of the molecule is O=C(O)CC1Cc2ccc(OCCc3nc4ncccc4[nH]3)cc2CNC1=O. The number of aromatic nitrogens is 3. The molecule has 0 radical (unpaired) electrons. The molecule has 144 valence electrons. The minimum atomic E-state index is -0.968. The summed E-state index contributed by atoms with van der Waals surface area (Å²) >= 11 is 0. The largest absolute Gasteiger partial charge is 0.493 e. The molecule has 0 fully saturated rings. The zero-order chi connectivity index (χ0) is 19.5. The summed E-state index contributed by atoms with van der Waals surface area (Å²) in [5.74, 6) is -0.220. The van der Waals surface area contributed by atoms with E-state index >= 15 is 0 Å². The van der Waals surface area contributed by atoms with Crippen molar-refractivity contribution in [2.75, 3.05) is 6.61 Å². The van der Waals surface area contributed by atoms with E-state index in [1.54, 1.807) is 6.20 Å². The Balaban J connectivity index is 1.40. The van der Waals surface area contributed by atoms with Gasteiger partial charge in [0.05, 0.1) is 24.5 Å². The fourth-order valence-electron chi connectivity index (χ4n) is 3.40. The number of hydrogen-bond donors (Lipinski definition) is 3. The van der Waals surface area contributed by atoms with Crippen LogP contribution in [0.4, 0.5) is 0 Å². The number of carbonyl (C=O) groups excluding carboxylic acids is 1. The number of nitrogens with zero attached hydrogens (tertiary/aromatic N) is 2. The molecule has 1 aromatic carbocycles. The van der Waals surface area contributed by atoms with E-state index < -0.39 is 11.9 Å². The molecule has 8 nitrogen and oxygen atoms in total. The normalized spacial score (nSPS) is 16.3. The molecule has 0 bridgehead atoms. The molecule has 3 heterocycles. The highest BCUT2D eigenvalue weighted by atomic mass is 16.5. The third-order valence-electron chi connectivity index (χ3n) is 4.80. The number of H-pyrrole nitrogens is 1. The third kappa shape index (κ3) is 3.95. The van der Waals surface area contributed by atoms with Crippen molar-refractivity contribution >= 4 is 23.0 Å². The second-order valence-electron chi connectivity index (χ2n) is 6.80. The number of imidazole rings is 1. The van der Waals surface area contributed by atoms with Crippen LogP contribution >= 0.6 is 0 Å². The molecule has 0 spiro atoms. The van der Waals surface area contributed by atoms with Crippen LogP contribution in [0.25, 0.3) is 11.2 Å². The predicted molar refractivity (Wildman–Crippen MR) is 101 cm³/mol. The number of benzene rings is 1. The van der Waals surface area contributed by atoms with Gasteiger partial charge in [-0.15, -0.1) is 0 Å². The van der Waals surface area contributed by atoms with Gasteiger partial charge < -0.3 is 20.1 Å². The van der Waals surface area contributed by atoms with Crippen molar-refractivity contribution in [2.45, 2.75) is 25.8 Å². The monoisotopic (exact) mass is 380 g/mol. The molecule has 0 aliphatic carbocycles. The van der Waals surface area contributed by atoms with Crippen LogP contribution in [0.3, 0.4) is 0 Å². The van der Waals surface area contributed by atoms with E-state index in [2.05, 4.69) is 20.3 Å². The lowest BCUT2D eigenvalue weighted by Gasteiger charge is -2.11. The van der Waals surface area contributed by atoms with Gasteiger partial charge in [-0.3, -0.25) is 9.59 Å². The Labute approximate surface area is 161 Å². The Morgan fingerprint density at radius 2 is 2.18 bits per heavy atom.